The number of hydrogen-bond donors (Lipinski definition) is 0. The molecule has 0 N–H and O–H groups in total. The maximum absolute atomic E-state index is 13.3. The van der Waals surface area contributed by atoms with Crippen LogP contribution in [0.15, 0.2) is 24.3 Å². The molecule has 0 unspecified atom stereocenters. The van der Waals surface area contributed by atoms with Crippen LogP contribution in [0.3, 0.4) is 0 Å². The first-order chi connectivity index (χ1) is 7.68. The van der Waals surface area contributed by atoms with Gasteiger partial charge in [-0.25, -0.2) is 9.18 Å². The summed E-state index contributed by atoms with van der Waals surface area (Å²) in [6.07, 6.45) is -0.523. The maximum Gasteiger partial charge on any atom is 0.410 e. The van der Waals surface area contributed by atoms with Gasteiger partial charge in [0.1, 0.15) is 12.4 Å². The van der Waals surface area contributed by atoms with Crippen molar-refractivity contribution in [2.45, 2.75) is 0 Å². The van der Waals surface area contributed by atoms with Crippen LogP contribution in [0.1, 0.15) is 10.4 Å². The van der Waals surface area contributed by atoms with Gasteiger partial charge in [0.2, 0.25) is 0 Å². The number of rotatable bonds is 3. The van der Waals surface area contributed by atoms with Gasteiger partial charge in [-0.05, 0) is 12.1 Å². The summed E-state index contributed by atoms with van der Waals surface area (Å²) < 4.78 is 17.9. The van der Waals surface area contributed by atoms with E-state index in [-0.39, 0.29) is 18.7 Å². The summed E-state index contributed by atoms with van der Waals surface area (Å²) in [4.78, 5) is 24.0. The molecular weight excluding hydrogens is 213 g/mol. The Bertz CT molecular complexity index is 433. The topological polar surface area (TPSA) is 46.6 Å². The van der Waals surface area contributed by atoms with Crippen LogP contribution in [0.2, 0.25) is 0 Å². The van der Waals surface area contributed by atoms with Crippen LogP contribution >= 0.6 is 0 Å². The molecule has 16 heavy (non-hydrogen) atoms. The summed E-state index contributed by atoms with van der Waals surface area (Å²) in [5.41, 5.74) is 0.00204. The predicted octanol–water partition coefficient (Wildman–Crippen LogP) is 1.46. The zero-order valence-corrected chi connectivity index (χ0v) is 8.48. The molecule has 1 amide bonds. The zero-order valence-electron chi connectivity index (χ0n) is 8.48. The molecule has 1 aliphatic rings. The molecule has 5 heteroatoms. The second-order valence-electron chi connectivity index (χ2n) is 3.44. The van der Waals surface area contributed by atoms with Crippen molar-refractivity contribution in [3.05, 3.63) is 35.6 Å². The quantitative estimate of drug-likeness (QED) is 0.729. The number of hydrogen-bond acceptors (Lipinski definition) is 3. The van der Waals surface area contributed by atoms with Gasteiger partial charge in [0.05, 0.1) is 18.7 Å². The molecule has 0 saturated carbocycles. The molecule has 0 radical (unpaired) electrons. The van der Waals surface area contributed by atoms with Crippen molar-refractivity contribution in [3.63, 3.8) is 0 Å². The third-order valence-corrected chi connectivity index (χ3v) is 2.35. The summed E-state index contributed by atoms with van der Waals surface area (Å²) in [5.74, 6) is -0.989. The van der Waals surface area contributed by atoms with E-state index in [1.165, 1.54) is 23.1 Å². The van der Waals surface area contributed by atoms with E-state index in [2.05, 4.69) is 4.74 Å². The van der Waals surface area contributed by atoms with Gasteiger partial charge in [0.15, 0.2) is 5.78 Å². The highest BCUT2D eigenvalue weighted by atomic mass is 19.1. The second kappa shape index (κ2) is 4.30. The highest BCUT2D eigenvalue weighted by Gasteiger charge is 2.25. The number of ether oxygens (including phenoxy) is 1. The Morgan fingerprint density at radius 3 is 2.81 bits per heavy atom. The standard InChI is InChI=1S/C11H10FNO3/c12-9-4-2-1-3-8(9)10(14)7-13-5-6-16-11(13)15/h1-4H,5-7H2. The van der Waals surface area contributed by atoms with Gasteiger partial charge in [0, 0.05) is 0 Å². The van der Waals surface area contributed by atoms with E-state index in [0.29, 0.717) is 6.54 Å². The molecule has 1 aromatic carbocycles. The normalized spacial score (nSPS) is 15.1. The summed E-state index contributed by atoms with van der Waals surface area (Å²) in [6, 6.07) is 5.71. The molecule has 0 atom stereocenters. The minimum atomic E-state index is -0.569. The third kappa shape index (κ3) is 2.03. The van der Waals surface area contributed by atoms with Crippen molar-refractivity contribution < 1.29 is 18.7 Å². The van der Waals surface area contributed by atoms with Crippen LogP contribution in [0, 0.1) is 5.82 Å². The molecule has 0 spiro atoms. The lowest BCUT2D eigenvalue weighted by molar-refractivity contribution is 0.0939. The molecule has 1 aromatic rings. The number of benzene rings is 1. The van der Waals surface area contributed by atoms with E-state index < -0.39 is 17.7 Å². The van der Waals surface area contributed by atoms with Gasteiger partial charge in [-0.1, -0.05) is 12.1 Å². The van der Waals surface area contributed by atoms with Crippen molar-refractivity contribution in [1.82, 2.24) is 4.90 Å². The van der Waals surface area contributed by atoms with Gasteiger partial charge < -0.3 is 4.74 Å². The van der Waals surface area contributed by atoms with Crippen molar-refractivity contribution >= 4 is 11.9 Å². The van der Waals surface area contributed by atoms with E-state index in [0.717, 1.165) is 0 Å². The Morgan fingerprint density at radius 1 is 1.44 bits per heavy atom. The van der Waals surface area contributed by atoms with E-state index in [1.54, 1.807) is 6.07 Å². The Morgan fingerprint density at radius 2 is 2.19 bits per heavy atom. The first-order valence-electron chi connectivity index (χ1n) is 4.88. The smallest absolute Gasteiger partial charge is 0.410 e. The van der Waals surface area contributed by atoms with Crippen molar-refractivity contribution in [3.8, 4) is 0 Å². The Labute approximate surface area is 91.6 Å². The lowest BCUT2D eigenvalue weighted by Gasteiger charge is -2.11. The zero-order chi connectivity index (χ0) is 11.5. The van der Waals surface area contributed by atoms with E-state index in [1.807, 2.05) is 0 Å². The number of carbonyl (C=O) groups excluding carboxylic acids is 2. The molecule has 84 valence electrons. The number of ketones is 1. The molecule has 0 aliphatic carbocycles. The predicted molar refractivity (Wildman–Crippen MR) is 53.7 cm³/mol. The Balaban J connectivity index is 2.09. The molecule has 1 heterocycles. The van der Waals surface area contributed by atoms with Gasteiger partial charge in [0.25, 0.3) is 0 Å². The fourth-order valence-electron chi connectivity index (χ4n) is 1.52. The molecule has 4 nitrogen and oxygen atoms in total. The largest absolute Gasteiger partial charge is 0.448 e. The highest BCUT2D eigenvalue weighted by Crippen LogP contribution is 2.10. The summed E-state index contributed by atoms with van der Waals surface area (Å²) in [6.45, 7) is 0.516. The number of halogens is 1. The van der Waals surface area contributed by atoms with Crippen LogP contribution < -0.4 is 0 Å². The van der Waals surface area contributed by atoms with E-state index in [4.69, 9.17) is 0 Å². The number of amides is 1. The second-order valence-corrected chi connectivity index (χ2v) is 3.44. The molecule has 0 bridgehead atoms. The average Bonchev–Trinajstić information content (AvgIpc) is 2.65. The number of Topliss-reactive ketones (excluding diaryl/α,β-unsaturated/α-hetero) is 1. The minimum absolute atomic E-state index is 0.00204. The van der Waals surface area contributed by atoms with Crippen molar-refractivity contribution in [2.24, 2.45) is 0 Å². The van der Waals surface area contributed by atoms with Crippen molar-refractivity contribution in [2.75, 3.05) is 19.7 Å². The highest BCUT2D eigenvalue weighted by molar-refractivity contribution is 5.99. The van der Waals surface area contributed by atoms with Crippen LogP contribution in [0.5, 0.6) is 0 Å². The molecule has 0 aromatic heterocycles. The SMILES string of the molecule is O=C(CN1CCOC1=O)c1ccccc1F. The van der Waals surface area contributed by atoms with Gasteiger partial charge in [-0.3, -0.25) is 9.69 Å². The summed E-state index contributed by atoms with van der Waals surface area (Å²) in [7, 11) is 0. The van der Waals surface area contributed by atoms with Crippen molar-refractivity contribution in [1.29, 1.82) is 0 Å². The molecular formula is C11H10FNO3. The lowest BCUT2D eigenvalue weighted by Crippen LogP contribution is -2.30. The number of cyclic esters (lactones) is 1. The first-order valence-corrected chi connectivity index (χ1v) is 4.88. The monoisotopic (exact) mass is 223 g/mol. The fraction of sp³-hybridized carbons (Fsp3) is 0.273. The molecule has 1 saturated heterocycles. The third-order valence-electron chi connectivity index (χ3n) is 2.35. The Hall–Kier alpha value is -1.91. The van der Waals surface area contributed by atoms with E-state index in [9.17, 15) is 14.0 Å². The number of nitrogens with zero attached hydrogens (tertiary/aromatic N) is 1. The molecule has 2 rings (SSSR count). The molecule has 1 fully saturated rings. The maximum atomic E-state index is 13.3. The number of carbonyl (C=O) groups is 2. The fourth-order valence-corrected chi connectivity index (χ4v) is 1.52. The first kappa shape index (κ1) is 10.6. The summed E-state index contributed by atoms with van der Waals surface area (Å²) in [5, 5.41) is 0. The lowest BCUT2D eigenvalue weighted by atomic mass is 10.1. The van der Waals surface area contributed by atoms with Crippen LogP contribution in [-0.4, -0.2) is 36.5 Å². The van der Waals surface area contributed by atoms with Gasteiger partial charge in [-0.15, -0.1) is 0 Å². The van der Waals surface area contributed by atoms with Gasteiger partial charge in [-0.2, -0.15) is 0 Å². The molecule has 1 aliphatic heterocycles. The Kier molecular flexibility index (Phi) is 2.85. The summed E-state index contributed by atoms with van der Waals surface area (Å²) >= 11 is 0. The van der Waals surface area contributed by atoms with Crippen LogP contribution in [0.25, 0.3) is 0 Å². The van der Waals surface area contributed by atoms with Gasteiger partial charge >= 0.3 is 6.09 Å². The van der Waals surface area contributed by atoms with E-state index >= 15 is 0 Å². The van der Waals surface area contributed by atoms with Crippen LogP contribution in [-0.2, 0) is 4.74 Å². The minimum Gasteiger partial charge on any atom is -0.448 e. The average molecular weight is 223 g/mol. The van der Waals surface area contributed by atoms with Crippen LogP contribution in [0.4, 0.5) is 9.18 Å².